The molecule has 1 aromatic rings. The number of carbonyl (C=O) groups is 1. The lowest BCUT2D eigenvalue weighted by Crippen LogP contribution is -2.22. The third-order valence-corrected chi connectivity index (χ3v) is 4.47. The van der Waals surface area contributed by atoms with E-state index in [1.807, 2.05) is 13.8 Å². The van der Waals surface area contributed by atoms with Gasteiger partial charge in [0.05, 0.1) is 0 Å². The van der Waals surface area contributed by atoms with Crippen LogP contribution in [0.5, 0.6) is 0 Å². The maximum atomic E-state index is 11.7. The summed E-state index contributed by atoms with van der Waals surface area (Å²) in [6.07, 6.45) is 1.89. The molecular weight excluding hydrogens is 246 g/mol. The van der Waals surface area contributed by atoms with E-state index < -0.39 is 11.2 Å². The number of hydrogen-bond donors (Lipinski definition) is 1. The van der Waals surface area contributed by atoms with Crippen molar-refractivity contribution in [2.75, 3.05) is 12.3 Å². The monoisotopic (exact) mass is 261 g/mol. The molecule has 1 amide bonds. The molecule has 1 rings (SSSR count). The van der Waals surface area contributed by atoms with Gasteiger partial charge in [0.25, 0.3) is 5.91 Å². The number of aromatic nitrogens is 2. The van der Waals surface area contributed by atoms with Crippen molar-refractivity contribution in [1.29, 1.82) is 0 Å². The van der Waals surface area contributed by atoms with E-state index in [1.165, 1.54) is 0 Å². The molecule has 5 nitrogen and oxygen atoms in total. The zero-order valence-corrected chi connectivity index (χ0v) is 11.0. The number of carbonyl (C=O) groups excluding carboxylic acids is 1. The number of rotatable bonds is 6. The van der Waals surface area contributed by atoms with E-state index in [2.05, 4.69) is 15.5 Å². The summed E-state index contributed by atoms with van der Waals surface area (Å²) in [6, 6.07) is 0. The summed E-state index contributed by atoms with van der Waals surface area (Å²) < 4.78 is 12.1. The van der Waals surface area contributed by atoms with Gasteiger partial charge in [-0.2, -0.15) is 0 Å². The normalized spacial score (nSPS) is 12.4. The Morgan fingerprint density at radius 1 is 1.50 bits per heavy atom. The van der Waals surface area contributed by atoms with Crippen LogP contribution in [0, 0.1) is 0 Å². The molecule has 0 saturated heterocycles. The maximum Gasteiger partial charge on any atom is 0.322 e. The lowest BCUT2D eigenvalue weighted by molar-refractivity contribution is 0.0954. The summed E-state index contributed by atoms with van der Waals surface area (Å²) in [5.74, 6) is 0.333. The van der Waals surface area contributed by atoms with Crippen LogP contribution >= 0.6 is 11.3 Å². The molecule has 0 fully saturated rings. The molecule has 0 bridgehead atoms. The van der Waals surface area contributed by atoms with Crippen LogP contribution in [0.1, 0.15) is 36.5 Å². The van der Waals surface area contributed by atoms with Crippen molar-refractivity contribution < 1.29 is 9.35 Å². The van der Waals surface area contributed by atoms with Crippen molar-refractivity contribution in [1.82, 2.24) is 15.5 Å². The van der Waals surface area contributed by atoms with Gasteiger partial charge in [-0.25, -0.2) is 0 Å². The second-order valence-corrected chi connectivity index (χ2v) is 5.86. The van der Waals surface area contributed by atoms with E-state index in [-0.39, 0.29) is 10.9 Å². The highest BCUT2D eigenvalue weighted by molar-refractivity contribution is 7.93. The smallest absolute Gasteiger partial charge is 0.322 e. The molecule has 90 valence electrons. The number of unbranched alkanes of at least 4 members (excludes halogenated alkanes) is 1. The molecular formula is C9H15N3O2S2. The topological polar surface area (TPSA) is 77.9 Å². The molecule has 0 aliphatic heterocycles. The van der Waals surface area contributed by atoms with Gasteiger partial charge in [0, 0.05) is 17.7 Å². The van der Waals surface area contributed by atoms with E-state index in [4.69, 9.17) is 0 Å². The van der Waals surface area contributed by atoms with E-state index >= 15 is 0 Å². The van der Waals surface area contributed by atoms with Crippen LogP contribution in [-0.2, 0) is 11.2 Å². The molecule has 0 radical (unpaired) electrons. The third-order valence-electron chi connectivity index (χ3n) is 1.82. The van der Waals surface area contributed by atoms with Crippen molar-refractivity contribution in [2.45, 2.75) is 31.0 Å². The van der Waals surface area contributed by atoms with Crippen molar-refractivity contribution in [3.05, 3.63) is 5.01 Å². The first-order valence-electron chi connectivity index (χ1n) is 5.19. The number of amides is 1. The SMILES string of the molecule is CCCC[S+]([O-])c1nnc(C(=O)NCC)s1. The van der Waals surface area contributed by atoms with Gasteiger partial charge in [-0.15, -0.1) is 5.10 Å². The van der Waals surface area contributed by atoms with E-state index in [9.17, 15) is 9.35 Å². The van der Waals surface area contributed by atoms with Gasteiger partial charge in [0.2, 0.25) is 5.01 Å². The second-order valence-electron chi connectivity index (χ2n) is 3.14. The average Bonchev–Trinajstić information content (AvgIpc) is 2.75. The Hall–Kier alpha value is -0.660. The highest BCUT2D eigenvalue weighted by Crippen LogP contribution is 2.17. The van der Waals surface area contributed by atoms with Crippen LogP contribution in [-0.4, -0.2) is 33.0 Å². The van der Waals surface area contributed by atoms with E-state index in [0.717, 1.165) is 24.2 Å². The lowest BCUT2D eigenvalue weighted by atomic mass is 10.4. The summed E-state index contributed by atoms with van der Waals surface area (Å²) in [5.41, 5.74) is 0. The molecule has 1 N–H and O–H groups in total. The molecule has 1 atom stereocenters. The summed E-state index contributed by atoms with van der Waals surface area (Å²) in [7, 11) is 0. The van der Waals surface area contributed by atoms with Crippen LogP contribution in [0.3, 0.4) is 0 Å². The molecule has 0 aliphatic rings. The van der Waals surface area contributed by atoms with Crippen LogP contribution in [0.15, 0.2) is 4.34 Å². The summed E-state index contributed by atoms with van der Waals surface area (Å²) in [4.78, 5) is 11.4. The van der Waals surface area contributed by atoms with E-state index in [1.54, 1.807) is 0 Å². The first-order valence-corrected chi connectivity index (χ1v) is 7.32. The predicted molar refractivity (Wildman–Crippen MR) is 64.1 cm³/mol. The Kier molecular flexibility index (Phi) is 5.72. The molecule has 0 aromatic carbocycles. The van der Waals surface area contributed by atoms with Gasteiger partial charge >= 0.3 is 4.34 Å². The quantitative estimate of drug-likeness (QED) is 0.780. The first-order chi connectivity index (χ1) is 7.69. The van der Waals surface area contributed by atoms with Gasteiger partial charge < -0.3 is 9.87 Å². The number of hydrogen-bond acceptors (Lipinski definition) is 5. The maximum absolute atomic E-state index is 11.7. The summed E-state index contributed by atoms with van der Waals surface area (Å²) >= 11 is -0.0130. The van der Waals surface area contributed by atoms with Gasteiger partial charge in [0.1, 0.15) is 5.75 Å². The van der Waals surface area contributed by atoms with Crippen LogP contribution in [0.25, 0.3) is 0 Å². The zero-order chi connectivity index (χ0) is 12.0. The standard InChI is InChI=1S/C9H15N3O2S2/c1-3-5-6-16(14)9-12-11-8(15-9)7(13)10-4-2/h3-6H2,1-2H3,(H,10,13). The van der Waals surface area contributed by atoms with Crippen LogP contribution in [0.4, 0.5) is 0 Å². The van der Waals surface area contributed by atoms with Gasteiger partial charge in [-0.1, -0.05) is 18.4 Å². The highest BCUT2D eigenvalue weighted by Gasteiger charge is 2.20. The van der Waals surface area contributed by atoms with Crippen molar-refractivity contribution in [3.8, 4) is 0 Å². The molecule has 1 unspecified atom stereocenters. The molecule has 1 heterocycles. The Bertz CT molecular complexity index is 343. The minimum atomic E-state index is -1.12. The highest BCUT2D eigenvalue weighted by atomic mass is 32.2. The van der Waals surface area contributed by atoms with Crippen molar-refractivity contribution in [3.63, 3.8) is 0 Å². The number of nitrogens with zero attached hydrogens (tertiary/aromatic N) is 2. The molecule has 0 aliphatic carbocycles. The second kappa shape index (κ2) is 6.82. The Balaban J connectivity index is 2.59. The van der Waals surface area contributed by atoms with Gasteiger partial charge in [-0.3, -0.25) is 4.79 Å². The largest absolute Gasteiger partial charge is 0.610 e. The summed E-state index contributed by atoms with van der Waals surface area (Å²) in [5, 5.41) is 10.4. The molecule has 1 aromatic heterocycles. The van der Waals surface area contributed by atoms with Crippen LogP contribution < -0.4 is 5.32 Å². The fourth-order valence-electron chi connectivity index (χ4n) is 0.992. The van der Waals surface area contributed by atoms with Crippen molar-refractivity contribution >= 4 is 28.4 Å². The molecule has 0 saturated carbocycles. The van der Waals surface area contributed by atoms with E-state index in [0.29, 0.717) is 16.6 Å². The third kappa shape index (κ3) is 3.73. The van der Waals surface area contributed by atoms with Crippen molar-refractivity contribution in [2.24, 2.45) is 0 Å². The Labute approximate surface area is 102 Å². The minimum Gasteiger partial charge on any atom is -0.610 e. The first kappa shape index (κ1) is 13.4. The molecule has 7 heteroatoms. The Morgan fingerprint density at radius 2 is 2.25 bits per heavy atom. The average molecular weight is 261 g/mol. The fourth-order valence-corrected chi connectivity index (χ4v) is 3.20. The van der Waals surface area contributed by atoms with Crippen LogP contribution in [0.2, 0.25) is 0 Å². The lowest BCUT2D eigenvalue weighted by Gasteiger charge is -2.03. The van der Waals surface area contributed by atoms with Gasteiger partial charge in [-0.05, 0) is 24.7 Å². The summed E-state index contributed by atoms with van der Waals surface area (Å²) in [6.45, 7) is 4.42. The Morgan fingerprint density at radius 3 is 2.88 bits per heavy atom. The fraction of sp³-hybridized carbons (Fsp3) is 0.667. The molecule has 16 heavy (non-hydrogen) atoms. The zero-order valence-electron chi connectivity index (χ0n) is 9.36. The molecule has 0 spiro atoms. The number of nitrogens with one attached hydrogen (secondary N) is 1. The van der Waals surface area contributed by atoms with Gasteiger partial charge in [0.15, 0.2) is 0 Å². The minimum absolute atomic E-state index is 0.251. The predicted octanol–water partition coefficient (Wildman–Crippen LogP) is 1.20.